The van der Waals surface area contributed by atoms with Crippen molar-refractivity contribution in [3.63, 3.8) is 0 Å². The number of carbonyl (C=O) groups is 2. The van der Waals surface area contributed by atoms with Gasteiger partial charge in [-0.05, 0) is 31.0 Å². The molecule has 2 aliphatic rings. The SMILES string of the molecule is CCC1Oc2cc(C(C)NC(=O)C3CNC3)ccc2NC1=O.Cl. The summed E-state index contributed by atoms with van der Waals surface area (Å²) in [7, 11) is 0. The Kier molecular flexibility index (Phi) is 5.49. The van der Waals surface area contributed by atoms with Crippen LogP contribution in [0, 0.1) is 5.92 Å². The van der Waals surface area contributed by atoms with Crippen LogP contribution < -0.4 is 20.7 Å². The summed E-state index contributed by atoms with van der Waals surface area (Å²) in [6.07, 6.45) is 0.171. The molecule has 23 heavy (non-hydrogen) atoms. The Morgan fingerprint density at radius 1 is 1.43 bits per heavy atom. The van der Waals surface area contributed by atoms with Gasteiger partial charge in [-0.2, -0.15) is 0 Å². The van der Waals surface area contributed by atoms with Gasteiger partial charge in [0.25, 0.3) is 5.91 Å². The van der Waals surface area contributed by atoms with Crippen molar-refractivity contribution >= 4 is 29.9 Å². The molecular weight excluding hydrogens is 318 g/mol. The molecule has 0 aliphatic carbocycles. The molecule has 1 aromatic carbocycles. The highest BCUT2D eigenvalue weighted by Crippen LogP contribution is 2.33. The minimum atomic E-state index is -0.450. The Balaban J connectivity index is 0.00000192. The van der Waals surface area contributed by atoms with Crippen LogP contribution in [0.2, 0.25) is 0 Å². The molecule has 3 N–H and O–H groups in total. The van der Waals surface area contributed by atoms with Crippen LogP contribution in [-0.2, 0) is 9.59 Å². The molecule has 0 spiro atoms. The van der Waals surface area contributed by atoms with Crippen LogP contribution in [-0.4, -0.2) is 31.0 Å². The van der Waals surface area contributed by atoms with Gasteiger partial charge in [0.15, 0.2) is 6.10 Å². The summed E-state index contributed by atoms with van der Waals surface area (Å²) in [5, 5.41) is 8.95. The number of nitrogens with one attached hydrogen (secondary N) is 3. The fourth-order valence-corrected chi connectivity index (χ4v) is 2.59. The molecule has 6 nitrogen and oxygen atoms in total. The lowest BCUT2D eigenvalue weighted by Crippen LogP contribution is -2.51. The first-order valence-corrected chi connectivity index (χ1v) is 7.71. The average molecular weight is 340 g/mol. The fraction of sp³-hybridized carbons (Fsp3) is 0.500. The zero-order valence-electron chi connectivity index (χ0n) is 13.2. The number of anilines is 1. The summed E-state index contributed by atoms with van der Waals surface area (Å²) < 4.78 is 5.73. The van der Waals surface area contributed by atoms with E-state index in [1.807, 2.05) is 32.0 Å². The van der Waals surface area contributed by atoms with Crippen LogP contribution in [0.4, 0.5) is 5.69 Å². The molecule has 1 fully saturated rings. The number of ether oxygens (including phenoxy) is 1. The minimum Gasteiger partial charge on any atom is -0.478 e. The lowest BCUT2D eigenvalue weighted by Gasteiger charge is -2.28. The summed E-state index contributed by atoms with van der Waals surface area (Å²) in [6.45, 7) is 5.35. The van der Waals surface area contributed by atoms with Gasteiger partial charge in [0.2, 0.25) is 5.91 Å². The summed E-state index contributed by atoms with van der Waals surface area (Å²) in [6, 6.07) is 5.52. The van der Waals surface area contributed by atoms with E-state index in [1.54, 1.807) is 0 Å². The van der Waals surface area contributed by atoms with Crippen molar-refractivity contribution in [1.82, 2.24) is 10.6 Å². The highest BCUT2D eigenvalue weighted by atomic mass is 35.5. The predicted octanol–water partition coefficient (Wildman–Crippen LogP) is 1.61. The van der Waals surface area contributed by atoms with Gasteiger partial charge >= 0.3 is 0 Å². The summed E-state index contributed by atoms with van der Waals surface area (Å²) in [5.41, 5.74) is 1.64. The third kappa shape index (κ3) is 3.59. The number of fused-ring (bicyclic) bond motifs is 1. The van der Waals surface area contributed by atoms with Gasteiger partial charge in [0.05, 0.1) is 17.6 Å². The van der Waals surface area contributed by atoms with Crippen molar-refractivity contribution in [2.24, 2.45) is 5.92 Å². The molecule has 7 heteroatoms. The second kappa shape index (κ2) is 7.19. The quantitative estimate of drug-likeness (QED) is 0.778. The number of carbonyl (C=O) groups excluding carboxylic acids is 2. The topological polar surface area (TPSA) is 79.5 Å². The van der Waals surface area contributed by atoms with E-state index >= 15 is 0 Å². The van der Waals surface area contributed by atoms with Crippen LogP contribution >= 0.6 is 12.4 Å². The maximum atomic E-state index is 12.0. The predicted molar refractivity (Wildman–Crippen MR) is 89.9 cm³/mol. The monoisotopic (exact) mass is 339 g/mol. The van der Waals surface area contributed by atoms with Gasteiger partial charge in [-0.1, -0.05) is 13.0 Å². The van der Waals surface area contributed by atoms with E-state index in [2.05, 4.69) is 16.0 Å². The van der Waals surface area contributed by atoms with Crippen molar-refractivity contribution in [3.05, 3.63) is 23.8 Å². The van der Waals surface area contributed by atoms with Gasteiger partial charge in [0.1, 0.15) is 5.75 Å². The number of benzene rings is 1. The average Bonchev–Trinajstić information content (AvgIpc) is 2.44. The van der Waals surface area contributed by atoms with E-state index in [-0.39, 0.29) is 36.2 Å². The number of amides is 2. The zero-order valence-corrected chi connectivity index (χ0v) is 14.0. The minimum absolute atomic E-state index is 0. The van der Waals surface area contributed by atoms with Crippen molar-refractivity contribution in [1.29, 1.82) is 0 Å². The lowest BCUT2D eigenvalue weighted by atomic mass is 10.0. The van der Waals surface area contributed by atoms with Crippen LogP contribution in [0.15, 0.2) is 18.2 Å². The van der Waals surface area contributed by atoms with Crippen LogP contribution in [0.1, 0.15) is 31.9 Å². The van der Waals surface area contributed by atoms with Gasteiger partial charge in [-0.15, -0.1) is 12.4 Å². The van der Waals surface area contributed by atoms with E-state index < -0.39 is 6.10 Å². The molecule has 2 heterocycles. The molecule has 3 rings (SSSR count). The number of rotatable bonds is 4. The maximum absolute atomic E-state index is 12.0. The Morgan fingerprint density at radius 3 is 2.78 bits per heavy atom. The van der Waals surface area contributed by atoms with Crippen molar-refractivity contribution < 1.29 is 14.3 Å². The van der Waals surface area contributed by atoms with E-state index in [4.69, 9.17) is 4.74 Å². The maximum Gasteiger partial charge on any atom is 0.265 e. The van der Waals surface area contributed by atoms with Crippen LogP contribution in [0.5, 0.6) is 5.75 Å². The fourth-order valence-electron chi connectivity index (χ4n) is 2.59. The molecule has 2 amide bonds. The highest BCUT2D eigenvalue weighted by Gasteiger charge is 2.28. The van der Waals surface area contributed by atoms with Gasteiger partial charge in [-0.3, -0.25) is 9.59 Å². The first-order valence-electron chi connectivity index (χ1n) is 7.71. The Bertz CT molecular complexity index is 604. The molecule has 2 unspecified atom stereocenters. The third-order valence-electron chi connectivity index (χ3n) is 4.21. The largest absolute Gasteiger partial charge is 0.478 e. The standard InChI is InChI=1S/C16H21N3O3.ClH/c1-3-13-16(21)19-12-5-4-10(6-14(12)22-13)9(2)18-15(20)11-7-17-8-11;/h4-6,9,11,13,17H,3,7-8H2,1-2H3,(H,18,20)(H,19,21);1H. The first kappa shape index (κ1) is 17.6. The number of hydrogen-bond acceptors (Lipinski definition) is 4. The third-order valence-corrected chi connectivity index (χ3v) is 4.21. The Labute approximate surface area is 141 Å². The second-order valence-electron chi connectivity index (χ2n) is 5.85. The molecule has 2 aliphatic heterocycles. The molecular formula is C16H22ClN3O3. The second-order valence-corrected chi connectivity index (χ2v) is 5.85. The van der Waals surface area contributed by atoms with E-state index in [9.17, 15) is 9.59 Å². The van der Waals surface area contributed by atoms with Gasteiger partial charge < -0.3 is 20.7 Å². The molecule has 0 bridgehead atoms. The van der Waals surface area contributed by atoms with E-state index in [1.165, 1.54) is 0 Å². The van der Waals surface area contributed by atoms with Gasteiger partial charge in [-0.25, -0.2) is 0 Å². The molecule has 1 aromatic rings. The first-order chi connectivity index (χ1) is 10.6. The number of halogens is 1. The number of hydrogen-bond donors (Lipinski definition) is 3. The Hall–Kier alpha value is -1.79. The normalized spacial score (nSPS) is 21.0. The molecule has 0 radical (unpaired) electrons. The molecule has 0 aromatic heterocycles. The van der Waals surface area contributed by atoms with E-state index in [0.29, 0.717) is 17.9 Å². The van der Waals surface area contributed by atoms with Crippen LogP contribution in [0.25, 0.3) is 0 Å². The molecule has 1 saturated heterocycles. The van der Waals surface area contributed by atoms with Crippen LogP contribution in [0.3, 0.4) is 0 Å². The Morgan fingerprint density at radius 2 is 2.17 bits per heavy atom. The van der Waals surface area contributed by atoms with Crippen molar-refractivity contribution in [2.45, 2.75) is 32.4 Å². The van der Waals surface area contributed by atoms with Gasteiger partial charge in [0, 0.05) is 13.1 Å². The lowest BCUT2D eigenvalue weighted by molar-refractivity contribution is -0.127. The zero-order chi connectivity index (χ0) is 15.7. The molecule has 126 valence electrons. The smallest absolute Gasteiger partial charge is 0.265 e. The van der Waals surface area contributed by atoms with E-state index in [0.717, 1.165) is 18.7 Å². The summed E-state index contributed by atoms with van der Waals surface area (Å²) in [5.74, 6) is 0.696. The summed E-state index contributed by atoms with van der Waals surface area (Å²) >= 11 is 0. The summed E-state index contributed by atoms with van der Waals surface area (Å²) in [4.78, 5) is 23.8. The van der Waals surface area contributed by atoms with Crippen molar-refractivity contribution in [2.75, 3.05) is 18.4 Å². The van der Waals surface area contributed by atoms with Crippen molar-refractivity contribution in [3.8, 4) is 5.75 Å². The highest BCUT2D eigenvalue weighted by molar-refractivity contribution is 5.97. The molecule has 0 saturated carbocycles. The molecule has 2 atom stereocenters.